The molecule has 300 valence electrons. The monoisotopic (exact) mass is 774 g/mol. The number of aryl methyl sites for hydroxylation is 1. The molecule has 3 heterocycles. The molecule has 2 saturated heterocycles. The Labute approximate surface area is 323 Å². The number of nitrogens with zero attached hydrogens (tertiary/aromatic N) is 1. The van der Waals surface area contributed by atoms with Crippen LogP contribution in [-0.2, 0) is 46.5 Å². The number of primary amides is 1. The molecule has 2 fully saturated rings. The number of H-pyrrole nitrogens is 1. The van der Waals surface area contributed by atoms with Crippen molar-refractivity contribution >= 4 is 52.4 Å². The van der Waals surface area contributed by atoms with E-state index in [1.807, 2.05) is 55.5 Å². The van der Waals surface area contributed by atoms with Crippen LogP contribution < -0.4 is 32.3 Å². The Morgan fingerprint density at radius 2 is 1.62 bits per heavy atom. The number of carbonyl (C=O) groups is 7. The molecule has 1 unspecified atom stereocenters. The van der Waals surface area contributed by atoms with Gasteiger partial charge in [-0.2, -0.15) is 0 Å². The van der Waals surface area contributed by atoms with Crippen LogP contribution in [0.4, 0.5) is 4.79 Å². The number of nitrogens with two attached hydrogens (primary N) is 1. The van der Waals surface area contributed by atoms with Crippen LogP contribution >= 0.6 is 0 Å². The standard InChI is InChI=1S/C39H50N8O9/c1-23-11-13-24(14-12-23)20-43-34(50)28(9-6-17-41-39(40)55)44-35(51)30(19-25-21-42-27-8-3-2-7-26(25)27)46-36(52)31-10-4-5-18-47(31)38(54)29(15-16-33(48)49)45-37(53)32-22-56-32/h2-3,7-8,11-14,21,28-32,42H,4-6,9-10,15-20,22H2,1H3,(H,43,50)(H,44,51)(H,45,53)(H,46,52)(H,48,49)(H3,40,41,55)/t28-,29-,30-,31-,32?/m0/s1. The highest BCUT2D eigenvalue weighted by molar-refractivity contribution is 5.97. The van der Waals surface area contributed by atoms with Crippen LogP contribution in [0.2, 0.25) is 0 Å². The summed E-state index contributed by atoms with van der Waals surface area (Å²) < 4.78 is 5.03. The SMILES string of the molecule is Cc1ccc(CNC(=O)[C@H](CCCNC(N)=O)NC(=O)[C@H](Cc2c[nH]c3ccccc23)NC(=O)[C@@H]2CCCCN2C(=O)[C@H](CCC(=O)O)NC(=O)C2CO2)cc1. The van der Waals surface area contributed by atoms with Gasteiger partial charge in [-0.05, 0) is 62.6 Å². The summed E-state index contributed by atoms with van der Waals surface area (Å²) in [6, 6.07) is 9.88. The van der Waals surface area contributed by atoms with Gasteiger partial charge >= 0.3 is 12.0 Å². The van der Waals surface area contributed by atoms with E-state index >= 15 is 0 Å². The zero-order valence-corrected chi connectivity index (χ0v) is 31.3. The van der Waals surface area contributed by atoms with Gasteiger partial charge in [-0.15, -0.1) is 0 Å². The number of aromatic amines is 1. The number of hydrogen-bond donors (Lipinski definition) is 8. The third-order valence-electron chi connectivity index (χ3n) is 9.90. The number of carbonyl (C=O) groups excluding carboxylic acids is 6. The number of rotatable bonds is 19. The van der Waals surface area contributed by atoms with Gasteiger partial charge in [0.25, 0.3) is 5.91 Å². The fourth-order valence-corrected chi connectivity index (χ4v) is 6.73. The zero-order valence-electron chi connectivity index (χ0n) is 31.3. The highest BCUT2D eigenvalue weighted by Crippen LogP contribution is 2.22. The molecule has 0 radical (unpaired) electrons. The Balaban J connectivity index is 1.36. The molecule has 5 atom stereocenters. The number of piperidine rings is 1. The Morgan fingerprint density at radius 3 is 2.34 bits per heavy atom. The van der Waals surface area contributed by atoms with Crippen LogP contribution in [0.3, 0.4) is 0 Å². The number of epoxide rings is 1. The summed E-state index contributed by atoms with van der Waals surface area (Å²) in [4.78, 5) is 95.8. The summed E-state index contributed by atoms with van der Waals surface area (Å²) in [7, 11) is 0. The van der Waals surface area contributed by atoms with Crippen LogP contribution in [-0.4, -0.2) is 106 Å². The Hall–Kier alpha value is -5.97. The lowest BCUT2D eigenvalue weighted by Gasteiger charge is -2.37. The zero-order chi connectivity index (χ0) is 40.2. The molecule has 3 aromatic rings. The van der Waals surface area contributed by atoms with Crippen molar-refractivity contribution in [1.29, 1.82) is 0 Å². The molecule has 2 aromatic carbocycles. The number of aromatic nitrogens is 1. The highest BCUT2D eigenvalue weighted by atomic mass is 16.6. The second kappa shape index (κ2) is 19.6. The van der Waals surface area contributed by atoms with E-state index in [9.17, 15) is 38.7 Å². The van der Waals surface area contributed by atoms with Gasteiger partial charge in [-0.3, -0.25) is 28.8 Å². The first-order valence-electron chi connectivity index (χ1n) is 18.9. The molecule has 5 rings (SSSR count). The van der Waals surface area contributed by atoms with Gasteiger partial charge < -0.3 is 52.0 Å². The number of nitrogens with one attached hydrogen (secondary N) is 6. The number of para-hydroxylation sites is 1. The molecule has 2 aliphatic rings. The summed E-state index contributed by atoms with van der Waals surface area (Å²) >= 11 is 0. The second-order valence-electron chi connectivity index (χ2n) is 14.2. The van der Waals surface area contributed by atoms with Gasteiger partial charge in [-0.25, -0.2) is 4.79 Å². The molecule has 0 aliphatic carbocycles. The molecule has 0 spiro atoms. The molecule has 1 aromatic heterocycles. The van der Waals surface area contributed by atoms with Crippen molar-refractivity contribution in [3.05, 3.63) is 71.4 Å². The summed E-state index contributed by atoms with van der Waals surface area (Å²) in [5, 5.41) is 23.8. The molecule has 0 saturated carbocycles. The number of carboxylic acid groups (broad SMARTS) is 1. The van der Waals surface area contributed by atoms with Crippen LogP contribution in [0.1, 0.15) is 61.6 Å². The number of carboxylic acids is 1. The number of benzene rings is 2. The van der Waals surface area contributed by atoms with Crippen molar-refractivity contribution in [1.82, 2.24) is 36.5 Å². The first kappa shape index (κ1) is 41.2. The van der Waals surface area contributed by atoms with Gasteiger partial charge in [-0.1, -0.05) is 48.0 Å². The molecule has 0 bridgehead atoms. The minimum Gasteiger partial charge on any atom is -0.481 e. The number of likely N-dealkylation sites (tertiary alicyclic amines) is 1. The predicted molar refractivity (Wildman–Crippen MR) is 204 cm³/mol. The lowest BCUT2D eigenvalue weighted by molar-refractivity contribution is -0.146. The van der Waals surface area contributed by atoms with E-state index in [0.717, 1.165) is 27.6 Å². The summed E-state index contributed by atoms with van der Waals surface area (Å²) in [5.41, 5.74) is 8.67. The van der Waals surface area contributed by atoms with Crippen molar-refractivity contribution < 1.29 is 43.4 Å². The molecule has 2 aliphatic heterocycles. The average molecular weight is 775 g/mol. The van der Waals surface area contributed by atoms with E-state index in [4.69, 9.17) is 10.5 Å². The van der Waals surface area contributed by atoms with E-state index < -0.39 is 78.2 Å². The lowest BCUT2D eigenvalue weighted by Crippen LogP contribution is -2.61. The highest BCUT2D eigenvalue weighted by Gasteiger charge is 2.40. The largest absolute Gasteiger partial charge is 0.481 e. The van der Waals surface area contributed by atoms with Crippen LogP contribution in [0.5, 0.6) is 0 Å². The second-order valence-corrected chi connectivity index (χ2v) is 14.2. The molecule has 17 nitrogen and oxygen atoms in total. The third kappa shape index (κ3) is 11.8. The quantitative estimate of drug-likeness (QED) is 0.0635. The Bertz CT molecular complexity index is 1890. The predicted octanol–water partition coefficient (Wildman–Crippen LogP) is 0.883. The van der Waals surface area contributed by atoms with E-state index in [1.165, 1.54) is 4.90 Å². The smallest absolute Gasteiger partial charge is 0.312 e. The maximum atomic E-state index is 14.3. The minimum absolute atomic E-state index is 0.0296. The number of aliphatic carboxylic acids is 1. The van der Waals surface area contributed by atoms with E-state index in [-0.39, 0.29) is 51.9 Å². The number of urea groups is 1. The van der Waals surface area contributed by atoms with Crippen molar-refractivity contribution in [2.45, 2.75) is 95.1 Å². The van der Waals surface area contributed by atoms with Gasteiger partial charge in [0.2, 0.25) is 23.6 Å². The van der Waals surface area contributed by atoms with Crippen molar-refractivity contribution in [3.63, 3.8) is 0 Å². The lowest BCUT2D eigenvalue weighted by atomic mass is 9.97. The Morgan fingerprint density at radius 1 is 0.893 bits per heavy atom. The number of amides is 7. The fourth-order valence-electron chi connectivity index (χ4n) is 6.73. The third-order valence-corrected chi connectivity index (χ3v) is 9.90. The van der Waals surface area contributed by atoms with Crippen molar-refractivity contribution in [3.8, 4) is 0 Å². The van der Waals surface area contributed by atoms with E-state index in [2.05, 4.69) is 31.6 Å². The molecular weight excluding hydrogens is 724 g/mol. The van der Waals surface area contributed by atoms with Crippen LogP contribution in [0.25, 0.3) is 10.9 Å². The van der Waals surface area contributed by atoms with Crippen molar-refractivity contribution in [2.24, 2.45) is 5.73 Å². The van der Waals surface area contributed by atoms with Gasteiger partial charge in [0.1, 0.15) is 24.2 Å². The minimum atomic E-state index is -1.20. The molecular formula is C39H50N8O9. The van der Waals surface area contributed by atoms with Crippen LogP contribution in [0, 0.1) is 6.92 Å². The Kier molecular flexibility index (Phi) is 14.4. The van der Waals surface area contributed by atoms with E-state index in [1.54, 1.807) is 6.20 Å². The topological polar surface area (TPSA) is 257 Å². The summed E-state index contributed by atoms with van der Waals surface area (Å²) in [6.07, 6.45) is 2.36. The average Bonchev–Trinajstić information content (AvgIpc) is 3.97. The molecule has 7 amide bonds. The number of ether oxygens (including phenoxy) is 1. The van der Waals surface area contributed by atoms with E-state index in [0.29, 0.717) is 19.3 Å². The van der Waals surface area contributed by atoms with Gasteiger partial charge in [0, 0.05) is 49.6 Å². The molecule has 9 N–H and O–H groups in total. The molecule has 17 heteroatoms. The fraction of sp³-hybridized carbons (Fsp3) is 0.462. The number of fused-ring (bicyclic) bond motifs is 1. The normalized spacial score (nSPS) is 17.8. The summed E-state index contributed by atoms with van der Waals surface area (Å²) in [6.45, 7) is 2.69. The number of hydrogen-bond acceptors (Lipinski definition) is 8. The van der Waals surface area contributed by atoms with Crippen LogP contribution in [0.15, 0.2) is 54.7 Å². The maximum absolute atomic E-state index is 14.3. The first-order valence-corrected chi connectivity index (χ1v) is 18.9. The van der Waals surface area contributed by atoms with Gasteiger partial charge in [0.05, 0.1) is 6.61 Å². The van der Waals surface area contributed by atoms with Crippen molar-refractivity contribution in [2.75, 3.05) is 19.7 Å². The summed E-state index contributed by atoms with van der Waals surface area (Å²) in [5.74, 6) is -4.02. The first-order chi connectivity index (χ1) is 26.9. The maximum Gasteiger partial charge on any atom is 0.312 e. The van der Waals surface area contributed by atoms with Gasteiger partial charge in [0.15, 0.2) is 6.10 Å². The molecule has 56 heavy (non-hydrogen) atoms.